The molecule has 2 aromatic rings. The van der Waals surface area contributed by atoms with Crippen LogP contribution in [0.25, 0.3) is 0 Å². The Balaban J connectivity index is 2.09. The summed E-state index contributed by atoms with van der Waals surface area (Å²) in [5.74, 6) is 7.64. The zero-order valence-corrected chi connectivity index (χ0v) is 12.4. The van der Waals surface area contributed by atoms with Gasteiger partial charge in [-0.3, -0.25) is 4.90 Å². The summed E-state index contributed by atoms with van der Waals surface area (Å²) in [6.07, 6.45) is 1.69. The first-order valence-corrected chi connectivity index (χ1v) is 6.79. The van der Waals surface area contributed by atoms with Crippen molar-refractivity contribution < 1.29 is 9.15 Å². The predicted octanol–water partition coefficient (Wildman–Crippen LogP) is 2.23. The van der Waals surface area contributed by atoms with Gasteiger partial charge >= 0.3 is 0 Å². The van der Waals surface area contributed by atoms with Gasteiger partial charge in [-0.15, -0.1) is 0 Å². The number of hydrogen-bond acceptors (Lipinski definition) is 4. The molecule has 0 aliphatic carbocycles. The lowest BCUT2D eigenvalue weighted by Gasteiger charge is -2.16. The first-order chi connectivity index (χ1) is 10.2. The maximum absolute atomic E-state index is 5.43. The molecule has 2 N–H and O–H groups in total. The molecule has 0 unspecified atom stereocenters. The van der Waals surface area contributed by atoms with Crippen LogP contribution in [0.4, 0.5) is 0 Å². The number of hydrogen-bond donors (Lipinski definition) is 1. The molecule has 110 valence electrons. The van der Waals surface area contributed by atoms with Gasteiger partial charge in [-0.1, -0.05) is 17.9 Å². The van der Waals surface area contributed by atoms with E-state index in [0.717, 1.165) is 30.2 Å². The van der Waals surface area contributed by atoms with E-state index in [1.807, 2.05) is 30.3 Å². The lowest BCUT2D eigenvalue weighted by Crippen LogP contribution is -2.16. The molecule has 0 amide bonds. The van der Waals surface area contributed by atoms with Crippen LogP contribution >= 0.6 is 0 Å². The normalized spacial score (nSPS) is 10.3. The highest BCUT2D eigenvalue weighted by Crippen LogP contribution is 2.20. The molecule has 2 rings (SSSR count). The van der Waals surface area contributed by atoms with Crippen LogP contribution in [-0.2, 0) is 13.1 Å². The van der Waals surface area contributed by atoms with Gasteiger partial charge in [0.05, 0.1) is 32.0 Å². The molecule has 4 nitrogen and oxygen atoms in total. The van der Waals surface area contributed by atoms with E-state index in [9.17, 15) is 0 Å². The van der Waals surface area contributed by atoms with E-state index in [2.05, 4.69) is 23.8 Å². The smallest absolute Gasteiger partial charge is 0.134 e. The standard InChI is InChI=1S/C17H20N2O2/c1-19(13-16-6-4-10-21-16)12-14-7-8-17(20-2)15(11-14)5-3-9-18/h4,6-8,10-11H,9,12-13,18H2,1-2H3. The van der Waals surface area contributed by atoms with Gasteiger partial charge in [0.25, 0.3) is 0 Å². The molecule has 0 spiro atoms. The largest absolute Gasteiger partial charge is 0.495 e. The number of nitrogens with two attached hydrogens (primary N) is 1. The molecular weight excluding hydrogens is 264 g/mol. The molecule has 0 saturated heterocycles. The Kier molecular flexibility index (Phi) is 5.44. The molecule has 0 aliphatic rings. The summed E-state index contributed by atoms with van der Waals surface area (Å²) in [6, 6.07) is 9.90. The second kappa shape index (κ2) is 7.53. The minimum atomic E-state index is 0.339. The molecule has 1 aromatic heterocycles. The van der Waals surface area contributed by atoms with Crippen LogP contribution in [0.3, 0.4) is 0 Å². The summed E-state index contributed by atoms with van der Waals surface area (Å²) in [6.45, 7) is 1.91. The summed E-state index contributed by atoms with van der Waals surface area (Å²) < 4.78 is 10.7. The van der Waals surface area contributed by atoms with Gasteiger partial charge in [-0.25, -0.2) is 0 Å². The highest BCUT2D eigenvalue weighted by atomic mass is 16.5. The minimum absolute atomic E-state index is 0.339. The van der Waals surface area contributed by atoms with Crippen molar-refractivity contribution >= 4 is 0 Å². The first kappa shape index (κ1) is 15.2. The first-order valence-electron chi connectivity index (χ1n) is 6.79. The molecule has 21 heavy (non-hydrogen) atoms. The van der Waals surface area contributed by atoms with E-state index in [1.165, 1.54) is 5.56 Å². The van der Waals surface area contributed by atoms with E-state index in [4.69, 9.17) is 14.9 Å². The summed E-state index contributed by atoms with van der Waals surface area (Å²) in [7, 11) is 3.70. The third kappa shape index (κ3) is 4.38. The number of nitrogens with zero attached hydrogens (tertiary/aromatic N) is 1. The van der Waals surface area contributed by atoms with Crippen molar-refractivity contribution in [3.8, 4) is 17.6 Å². The monoisotopic (exact) mass is 284 g/mol. The maximum Gasteiger partial charge on any atom is 0.134 e. The molecule has 0 saturated carbocycles. The summed E-state index contributed by atoms with van der Waals surface area (Å²) >= 11 is 0. The molecule has 1 aromatic carbocycles. The fraction of sp³-hybridized carbons (Fsp3) is 0.294. The molecule has 0 radical (unpaired) electrons. The summed E-state index contributed by atoms with van der Waals surface area (Å²) in [5.41, 5.74) is 7.47. The molecule has 0 bridgehead atoms. The van der Waals surface area contributed by atoms with Crippen LogP contribution < -0.4 is 10.5 Å². The van der Waals surface area contributed by atoms with Crippen LogP contribution in [0.1, 0.15) is 16.9 Å². The van der Waals surface area contributed by atoms with Crippen LogP contribution in [-0.4, -0.2) is 25.6 Å². The minimum Gasteiger partial charge on any atom is -0.495 e. The average Bonchev–Trinajstić information content (AvgIpc) is 2.98. The van der Waals surface area contributed by atoms with E-state index in [-0.39, 0.29) is 0 Å². The lowest BCUT2D eigenvalue weighted by molar-refractivity contribution is 0.287. The molecule has 0 fully saturated rings. The Labute approximate surface area is 125 Å². The van der Waals surface area contributed by atoms with Crippen molar-refractivity contribution in [2.45, 2.75) is 13.1 Å². The van der Waals surface area contributed by atoms with E-state index >= 15 is 0 Å². The number of ether oxygens (including phenoxy) is 1. The quantitative estimate of drug-likeness (QED) is 0.855. The van der Waals surface area contributed by atoms with Gasteiger partial charge < -0.3 is 14.9 Å². The topological polar surface area (TPSA) is 51.6 Å². The summed E-state index contributed by atoms with van der Waals surface area (Å²) in [4.78, 5) is 2.18. The van der Waals surface area contributed by atoms with Crippen LogP contribution in [0.2, 0.25) is 0 Å². The molecular formula is C17H20N2O2. The van der Waals surface area contributed by atoms with E-state index < -0.39 is 0 Å². The number of methoxy groups -OCH3 is 1. The van der Waals surface area contributed by atoms with Gasteiger partial charge in [0.15, 0.2) is 0 Å². The Morgan fingerprint density at radius 1 is 1.29 bits per heavy atom. The second-order valence-corrected chi connectivity index (χ2v) is 4.79. The zero-order chi connectivity index (χ0) is 15.1. The van der Waals surface area contributed by atoms with Crippen molar-refractivity contribution in [2.75, 3.05) is 20.7 Å². The van der Waals surface area contributed by atoms with Gasteiger partial charge in [0.1, 0.15) is 11.5 Å². The van der Waals surface area contributed by atoms with E-state index in [0.29, 0.717) is 6.54 Å². The fourth-order valence-corrected chi connectivity index (χ4v) is 2.13. The molecule has 1 heterocycles. The third-order valence-corrected chi connectivity index (χ3v) is 3.05. The number of benzene rings is 1. The van der Waals surface area contributed by atoms with Crippen molar-refractivity contribution in [3.05, 3.63) is 53.5 Å². The second-order valence-electron chi connectivity index (χ2n) is 4.79. The van der Waals surface area contributed by atoms with E-state index in [1.54, 1.807) is 13.4 Å². The molecule has 4 heteroatoms. The van der Waals surface area contributed by atoms with Crippen LogP contribution in [0, 0.1) is 11.8 Å². The maximum atomic E-state index is 5.43. The number of furan rings is 1. The lowest BCUT2D eigenvalue weighted by atomic mass is 10.1. The van der Waals surface area contributed by atoms with Gasteiger partial charge in [0, 0.05) is 6.54 Å². The Morgan fingerprint density at radius 3 is 2.81 bits per heavy atom. The average molecular weight is 284 g/mol. The van der Waals surface area contributed by atoms with Crippen molar-refractivity contribution in [1.82, 2.24) is 4.90 Å². The highest BCUT2D eigenvalue weighted by Gasteiger charge is 2.06. The van der Waals surface area contributed by atoms with Crippen molar-refractivity contribution in [3.63, 3.8) is 0 Å². The van der Waals surface area contributed by atoms with Crippen molar-refractivity contribution in [1.29, 1.82) is 0 Å². The predicted molar refractivity (Wildman–Crippen MR) is 82.8 cm³/mol. The highest BCUT2D eigenvalue weighted by molar-refractivity contribution is 5.48. The summed E-state index contributed by atoms with van der Waals surface area (Å²) in [5, 5.41) is 0. The third-order valence-electron chi connectivity index (χ3n) is 3.05. The Morgan fingerprint density at radius 2 is 2.14 bits per heavy atom. The Bertz CT molecular complexity index is 624. The Hall–Kier alpha value is -2.22. The fourth-order valence-electron chi connectivity index (χ4n) is 2.13. The molecule has 0 atom stereocenters. The number of rotatable bonds is 5. The van der Waals surface area contributed by atoms with Gasteiger partial charge in [0.2, 0.25) is 0 Å². The SMILES string of the molecule is COc1ccc(CN(C)Cc2ccco2)cc1C#CCN. The molecule has 0 aliphatic heterocycles. The zero-order valence-electron chi connectivity index (χ0n) is 12.4. The van der Waals surface area contributed by atoms with Crippen LogP contribution in [0.15, 0.2) is 41.0 Å². The van der Waals surface area contributed by atoms with Gasteiger partial charge in [-0.05, 0) is 36.9 Å². The van der Waals surface area contributed by atoms with Crippen molar-refractivity contribution in [2.24, 2.45) is 5.73 Å². The van der Waals surface area contributed by atoms with Gasteiger partial charge in [-0.2, -0.15) is 0 Å². The van der Waals surface area contributed by atoms with Crippen LogP contribution in [0.5, 0.6) is 5.75 Å².